The monoisotopic (exact) mass is 337 g/mol. The van der Waals surface area contributed by atoms with Crippen LogP contribution in [0.4, 0.5) is 4.79 Å². The zero-order valence-corrected chi connectivity index (χ0v) is 12.9. The number of carbonyl (C=O) groups is 4. The van der Waals surface area contributed by atoms with Gasteiger partial charge in [0.2, 0.25) is 11.8 Å². The number of imide groups is 1. The maximum absolute atomic E-state index is 11.6. The summed E-state index contributed by atoms with van der Waals surface area (Å²) < 4.78 is 4.87. The third kappa shape index (κ3) is 7.90. The molecule has 1 aromatic carbocycles. The maximum atomic E-state index is 11.6. The van der Waals surface area contributed by atoms with Crippen LogP contribution in [0, 0.1) is 0 Å². The largest absolute Gasteiger partial charge is 0.480 e. The normalized spacial score (nSPS) is 11.2. The standard InChI is InChI=1S/C15H19N3O6/c16-11(14(22)17-8-13(20)21)6-7-12(19)18-15(23)24-9-10-4-2-1-3-5-10/h1-5,11H,6-9,16H2,(H,17,22)(H,20,21)(H,18,19,23)/t11-/m0/s1. The maximum Gasteiger partial charge on any atom is 0.414 e. The van der Waals surface area contributed by atoms with Crippen LogP contribution in [0.1, 0.15) is 18.4 Å². The SMILES string of the molecule is N[C@@H](CCC(=O)NC(=O)OCc1ccccc1)C(=O)NCC(=O)O. The molecular weight excluding hydrogens is 318 g/mol. The minimum absolute atomic E-state index is 0.0249. The number of aliphatic carboxylic acids is 1. The molecule has 0 aromatic heterocycles. The first-order chi connectivity index (χ1) is 11.4. The molecule has 0 aliphatic carbocycles. The van der Waals surface area contributed by atoms with Gasteiger partial charge in [-0.15, -0.1) is 0 Å². The smallest absolute Gasteiger partial charge is 0.414 e. The second-order valence-corrected chi connectivity index (χ2v) is 4.87. The second kappa shape index (κ2) is 9.95. The van der Waals surface area contributed by atoms with E-state index in [2.05, 4.69) is 5.32 Å². The van der Waals surface area contributed by atoms with E-state index in [0.29, 0.717) is 0 Å². The van der Waals surface area contributed by atoms with Crippen LogP contribution < -0.4 is 16.4 Å². The van der Waals surface area contributed by atoms with E-state index in [1.807, 2.05) is 11.4 Å². The zero-order valence-electron chi connectivity index (χ0n) is 12.9. The number of carboxylic acids is 1. The van der Waals surface area contributed by atoms with Crippen molar-refractivity contribution >= 4 is 23.9 Å². The van der Waals surface area contributed by atoms with Crippen molar-refractivity contribution in [3.05, 3.63) is 35.9 Å². The number of rotatable bonds is 8. The minimum atomic E-state index is -1.20. The van der Waals surface area contributed by atoms with Crippen molar-refractivity contribution in [3.8, 4) is 0 Å². The van der Waals surface area contributed by atoms with Gasteiger partial charge in [0, 0.05) is 6.42 Å². The molecule has 0 unspecified atom stereocenters. The van der Waals surface area contributed by atoms with Crippen LogP contribution in [0.2, 0.25) is 0 Å². The topological polar surface area (TPSA) is 148 Å². The molecule has 0 aliphatic rings. The van der Waals surface area contributed by atoms with E-state index in [1.165, 1.54) is 0 Å². The first kappa shape index (κ1) is 19.1. The minimum Gasteiger partial charge on any atom is -0.480 e. The van der Waals surface area contributed by atoms with Crippen molar-refractivity contribution < 1.29 is 29.0 Å². The number of alkyl carbamates (subject to hydrolysis) is 1. The van der Waals surface area contributed by atoms with E-state index in [1.54, 1.807) is 24.3 Å². The molecule has 0 saturated heterocycles. The number of nitrogens with one attached hydrogen (secondary N) is 2. The van der Waals surface area contributed by atoms with Crippen molar-refractivity contribution in [2.45, 2.75) is 25.5 Å². The van der Waals surface area contributed by atoms with Crippen molar-refractivity contribution in [2.75, 3.05) is 6.54 Å². The highest BCUT2D eigenvalue weighted by atomic mass is 16.5. The molecular formula is C15H19N3O6. The van der Waals surface area contributed by atoms with E-state index in [0.717, 1.165) is 5.56 Å². The Kier molecular flexibility index (Phi) is 7.92. The molecule has 0 fully saturated rings. The molecule has 1 aromatic rings. The third-order valence-corrected chi connectivity index (χ3v) is 2.89. The molecule has 9 heteroatoms. The number of hydrogen-bond donors (Lipinski definition) is 4. The fourth-order valence-electron chi connectivity index (χ4n) is 1.65. The van der Waals surface area contributed by atoms with Gasteiger partial charge < -0.3 is 20.9 Å². The molecule has 1 atom stereocenters. The van der Waals surface area contributed by atoms with E-state index in [4.69, 9.17) is 15.6 Å². The summed E-state index contributed by atoms with van der Waals surface area (Å²) in [6, 6.07) is 7.89. The Hall–Kier alpha value is -2.94. The molecule has 0 saturated carbocycles. The van der Waals surface area contributed by atoms with Gasteiger partial charge in [-0.2, -0.15) is 0 Å². The van der Waals surface area contributed by atoms with Crippen LogP contribution >= 0.6 is 0 Å². The van der Waals surface area contributed by atoms with Gasteiger partial charge in [-0.3, -0.25) is 19.7 Å². The molecule has 0 radical (unpaired) electrons. The molecule has 0 bridgehead atoms. The van der Waals surface area contributed by atoms with Crippen molar-refractivity contribution in [3.63, 3.8) is 0 Å². The first-order valence-electron chi connectivity index (χ1n) is 7.14. The number of carboxylic acid groups (broad SMARTS) is 1. The molecule has 0 aliphatic heterocycles. The average molecular weight is 337 g/mol. The second-order valence-electron chi connectivity index (χ2n) is 4.87. The van der Waals surface area contributed by atoms with Crippen LogP contribution in [-0.2, 0) is 25.7 Å². The number of carbonyl (C=O) groups excluding carboxylic acids is 3. The lowest BCUT2D eigenvalue weighted by atomic mass is 10.1. The molecule has 0 heterocycles. The lowest BCUT2D eigenvalue weighted by Crippen LogP contribution is -2.43. The summed E-state index contributed by atoms with van der Waals surface area (Å²) in [6.45, 7) is -0.526. The lowest BCUT2D eigenvalue weighted by Gasteiger charge is -2.11. The summed E-state index contributed by atoms with van der Waals surface area (Å²) in [5.74, 6) is -2.53. The first-order valence-corrected chi connectivity index (χ1v) is 7.14. The highest BCUT2D eigenvalue weighted by molar-refractivity contribution is 5.92. The highest BCUT2D eigenvalue weighted by Gasteiger charge is 2.17. The lowest BCUT2D eigenvalue weighted by molar-refractivity contribution is -0.138. The molecule has 3 amide bonds. The number of nitrogens with two attached hydrogens (primary N) is 1. The van der Waals surface area contributed by atoms with E-state index in [9.17, 15) is 19.2 Å². The molecule has 24 heavy (non-hydrogen) atoms. The molecule has 130 valence electrons. The highest BCUT2D eigenvalue weighted by Crippen LogP contribution is 2.01. The fraction of sp³-hybridized carbons (Fsp3) is 0.333. The molecule has 0 spiro atoms. The Morgan fingerprint density at radius 3 is 2.46 bits per heavy atom. The number of amides is 3. The van der Waals surface area contributed by atoms with Crippen LogP contribution in [0.3, 0.4) is 0 Å². The summed E-state index contributed by atoms with van der Waals surface area (Å²) >= 11 is 0. The molecule has 1 rings (SSSR count). The van der Waals surface area contributed by atoms with Gasteiger partial charge in [-0.05, 0) is 12.0 Å². The van der Waals surface area contributed by atoms with Gasteiger partial charge >= 0.3 is 12.1 Å². The van der Waals surface area contributed by atoms with Gasteiger partial charge in [0.05, 0.1) is 6.04 Å². The number of hydrogen-bond acceptors (Lipinski definition) is 6. The van der Waals surface area contributed by atoms with Gasteiger partial charge in [0.25, 0.3) is 0 Å². The summed E-state index contributed by atoms with van der Waals surface area (Å²) in [4.78, 5) is 44.7. The van der Waals surface area contributed by atoms with E-state index in [-0.39, 0.29) is 19.4 Å². The Morgan fingerprint density at radius 1 is 1.17 bits per heavy atom. The van der Waals surface area contributed by atoms with Gasteiger partial charge in [-0.25, -0.2) is 4.79 Å². The Bertz CT molecular complexity index is 590. The number of benzene rings is 1. The van der Waals surface area contributed by atoms with E-state index >= 15 is 0 Å². The Morgan fingerprint density at radius 2 is 1.83 bits per heavy atom. The summed E-state index contributed by atoms with van der Waals surface area (Å²) in [6.07, 6.45) is -1.11. The molecule has 5 N–H and O–H groups in total. The van der Waals surface area contributed by atoms with Crippen LogP contribution in [0.15, 0.2) is 30.3 Å². The Labute approximate surface area is 138 Å². The van der Waals surface area contributed by atoms with Gasteiger partial charge in [-0.1, -0.05) is 30.3 Å². The van der Waals surface area contributed by atoms with Crippen LogP contribution in [0.5, 0.6) is 0 Å². The molecule has 9 nitrogen and oxygen atoms in total. The van der Waals surface area contributed by atoms with Gasteiger partial charge in [0.1, 0.15) is 13.2 Å². The van der Waals surface area contributed by atoms with E-state index < -0.39 is 36.5 Å². The summed E-state index contributed by atoms with van der Waals surface area (Å²) in [5.41, 5.74) is 6.29. The number of ether oxygens (including phenoxy) is 1. The fourth-order valence-corrected chi connectivity index (χ4v) is 1.65. The van der Waals surface area contributed by atoms with Crippen molar-refractivity contribution in [1.29, 1.82) is 0 Å². The van der Waals surface area contributed by atoms with Crippen LogP contribution in [-0.4, -0.2) is 41.6 Å². The summed E-state index contributed by atoms with van der Waals surface area (Å²) in [7, 11) is 0. The predicted molar refractivity (Wildman–Crippen MR) is 82.6 cm³/mol. The van der Waals surface area contributed by atoms with Gasteiger partial charge in [0.15, 0.2) is 0 Å². The quantitative estimate of drug-likeness (QED) is 0.511. The van der Waals surface area contributed by atoms with Crippen molar-refractivity contribution in [2.24, 2.45) is 5.73 Å². The third-order valence-electron chi connectivity index (χ3n) is 2.89. The summed E-state index contributed by atoms with van der Waals surface area (Å²) in [5, 5.41) is 12.5. The average Bonchev–Trinajstić information content (AvgIpc) is 2.56. The predicted octanol–water partition coefficient (Wildman–Crippen LogP) is -0.252. The van der Waals surface area contributed by atoms with Crippen LogP contribution in [0.25, 0.3) is 0 Å². The van der Waals surface area contributed by atoms with Crippen molar-refractivity contribution in [1.82, 2.24) is 10.6 Å². The Balaban J connectivity index is 2.24. The zero-order chi connectivity index (χ0) is 17.9.